The number of hydrogen-bond acceptors (Lipinski definition) is 4. The molecule has 1 unspecified atom stereocenters. The molecule has 0 aliphatic rings. The number of carbonyl (C=O) groups excluding carboxylic acids is 1. The molecule has 1 atom stereocenters. The molecule has 0 heterocycles. The Bertz CT molecular complexity index is 576. The molecule has 0 spiro atoms. The number of nitrogens with one attached hydrogen (secondary N) is 1. The predicted octanol–water partition coefficient (Wildman–Crippen LogP) is 1.50. The number of rotatable bonds is 4. The van der Waals surface area contributed by atoms with E-state index in [1.165, 1.54) is 13.8 Å². The molecule has 0 bridgehead atoms. The van der Waals surface area contributed by atoms with Crippen molar-refractivity contribution in [2.45, 2.75) is 31.6 Å². The Morgan fingerprint density at radius 1 is 1.37 bits per heavy atom. The number of anilines is 1. The van der Waals surface area contributed by atoms with E-state index >= 15 is 0 Å². The van der Waals surface area contributed by atoms with Crippen LogP contribution < -0.4 is 5.32 Å². The minimum atomic E-state index is -3.51. The van der Waals surface area contributed by atoms with Crippen LogP contribution in [0.15, 0.2) is 24.3 Å². The third kappa shape index (κ3) is 3.54. The van der Waals surface area contributed by atoms with E-state index < -0.39 is 26.6 Å². The van der Waals surface area contributed by atoms with Crippen molar-refractivity contribution in [3.05, 3.63) is 29.8 Å². The fraction of sp³-hybridized carbons (Fsp3) is 0.462. The maximum atomic E-state index is 12.0. The Kier molecular flexibility index (Phi) is 4.37. The highest BCUT2D eigenvalue weighted by molar-refractivity contribution is 7.92. The molecule has 1 aromatic carbocycles. The van der Waals surface area contributed by atoms with E-state index in [4.69, 9.17) is 0 Å². The number of aliphatic hydroxyl groups is 1. The minimum absolute atomic E-state index is 0.458. The Morgan fingerprint density at radius 3 is 2.42 bits per heavy atom. The number of amides is 1. The van der Waals surface area contributed by atoms with Gasteiger partial charge in [-0.3, -0.25) is 4.79 Å². The van der Waals surface area contributed by atoms with Gasteiger partial charge in [-0.05, 0) is 38.5 Å². The van der Waals surface area contributed by atoms with Crippen molar-refractivity contribution >= 4 is 21.4 Å². The van der Waals surface area contributed by atoms with Gasteiger partial charge in [0.25, 0.3) is 0 Å². The molecule has 6 heteroatoms. The SMILES string of the molecule is CC(O)c1cccc(NC(=O)C(C)(C)S(C)(=O)=O)c1. The van der Waals surface area contributed by atoms with Crippen LogP contribution in [0.3, 0.4) is 0 Å². The van der Waals surface area contributed by atoms with Crippen LogP contribution in [0.2, 0.25) is 0 Å². The van der Waals surface area contributed by atoms with E-state index in [-0.39, 0.29) is 0 Å². The molecule has 2 N–H and O–H groups in total. The summed E-state index contributed by atoms with van der Waals surface area (Å²) in [6.45, 7) is 4.33. The van der Waals surface area contributed by atoms with Crippen LogP contribution in [0.25, 0.3) is 0 Å². The molecule has 0 aromatic heterocycles. The van der Waals surface area contributed by atoms with Gasteiger partial charge in [-0.25, -0.2) is 8.42 Å². The second-order valence-corrected chi connectivity index (χ2v) is 7.60. The molecule has 5 nitrogen and oxygen atoms in total. The Hall–Kier alpha value is -1.40. The average Bonchev–Trinajstić information content (AvgIpc) is 2.27. The predicted molar refractivity (Wildman–Crippen MR) is 74.6 cm³/mol. The fourth-order valence-electron chi connectivity index (χ4n) is 1.33. The maximum Gasteiger partial charge on any atom is 0.245 e. The number of hydrogen-bond donors (Lipinski definition) is 2. The van der Waals surface area contributed by atoms with Gasteiger partial charge in [0, 0.05) is 11.9 Å². The first-order valence-electron chi connectivity index (χ1n) is 5.85. The highest BCUT2D eigenvalue weighted by Gasteiger charge is 2.38. The maximum absolute atomic E-state index is 12.0. The molecule has 1 amide bonds. The first-order chi connectivity index (χ1) is 8.55. The van der Waals surface area contributed by atoms with E-state index in [1.54, 1.807) is 31.2 Å². The van der Waals surface area contributed by atoms with E-state index in [1.807, 2.05) is 0 Å². The summed E-state index contributed by atoms with van der Waals surface area (Å²) in [7, 11) is -3.51. The minimum Gasteiger partial charge on any atom is -0.389 e. The zero-order valence-electron chi connectivity index (χ0n) is 11.5. The Labute approximate surface area is 113 Å². The standard InChI is InChI=1S/C13H19NO4S/c1-9(15)10-6-5-7-11(8-10)14-12(16)13(2,3)19(4,17)18/h5-9,15H,1-4H3,(H,14,16). The Morgan fingerprint density at radius 2 is 1.95 bits per heavy atom. The molecule has 0 aliphatic heterocycles. The van der Waals surface area contributed by atoms with Gasteiger partial charge in [0.1, 0.15) is 4.75 Å². The van der Waals surface area contributed by atoms with Crippen LogP contribution in [0.4, 0.5) is 5.69 Å². The number of sulfone groups is 1. The summed E-state index contributed by atoms with van der Waals surface area (Å²) in [6, 6.07) is 6.66. The van der Waals surface area contributed by atoms with Crippen LogP contribution >= 0.6 is 0 Å². The fourth-order valence-corrected chi connectivity index (χ4v) is 1.71. The van der Waals surface area contributed by atoms with Gasteiger partial charge in [0.15, 0.2) is 9.84 Å². The van der Waals surface area contributed by atoms with Crippen molar-refractivity contribution in [1.82, 2.24) is 0 Å². The third-order valence-corrected chi connectivity index (χ3v) is 5.14. The highest BCUT2D eigenvalue weighted by Crippen LogP contribution is 2.21. The molecular weight excluding hydrogens is 266 g/mol. The first kappa shape index (κ1) is 15.7. The smallest absolute Gasteiger partial charge is 0.245 e. The quantitative estimate of drug-likeness (QED) is 0.878. The van der Waals surface area contributed by atoms with Gasteiger partial charge in [0.2, 0.25) is 5.91 Å². The molecule has 0 saturated heterocycles. The normalized spacial score (nSPS) is 13.9. The molecule has 19 heavy (non-hydrogen) atoms. The second kappa shape index (κ2) is 5.30. The van der Waals surface area contributed by atoms with Gasteiger partial charge in [-0.1, -0.05) is 12.1 Å². The molecule has 0 aliphatic carbocycles. The molecule has 0 radical (unpaired) electrons. The topological polar surface area (TPSA) is 83.5 Å². The van der Waals surface area contributed by atoms with Gasteiger partial charge >= 0.3 is 0 Å². The molecule has 1 rings (SSSR count). The van der Waals surface area contributed by atoms with Crippen molar-refractivity contribution < 1.29 is 18.3 Å². The molecule has 0 saturated carbocycles. The van der Waals surface area contributed by atoms with E-state index in [9.17, 15) is 18.3 Å². The summed E-state index contributed by atoms with van der Waals surface area (Å²) < 4.78 is 21.6. The van der Waals surface area contributed by atoms with E-state index in [0.717, 1.165) is 6.26 Å². The number of carbonyl (C=O) groups is 1. The summed E-state index contributed by atoms with van der Waals surface area (Å²) in [5.41, 5.74) is 1.11. The molecular formula is C13H19NO4S. The summed E-state index contributed by atoms with van der Waals surface area (Å²) in [5.74, 6) is -0.599. The lowest BCUT2D eigenvalue weighted by molar-refractivity contribution is -0.117. The lowest BCUT2D eigenvalue weighted by Gasteiger charge is -2.21. The van der Waals surface area contributed by atoms with Gasteiger partial charge < -0.3 is 10.4 Å². The van der Waals surface area contributed by atoms with Gasteiger partial charge in [0.05, 0.1) is 6.10 Å². The van der Waals surface area contributed by atoms with E-state index in [2.05, 4.69) is 5.32 Å². The zero-order chi connectivity index (χ0) is 14.8. The van der Waals surface area contributed by atoms with Crippen LogP contribution in [-0.2, 0) is 14.6 Å². The first-order valence-corrected chi connectivity index (χ1v) is 7.74. The summed E-state index contributed by atoms with van der Waals surface area (Å²) in [4.78, 5) is 12.0. The summed E-state index contributed by atoms with van der Waals surface area (Å²) in [6.07, 6.45) is 0.374. The van der Waals surface area contributed by atoms with Crippen LogP contribution in [-0.4, -0.2) is 30.4 Å². The lowest BCUT2D eigenvalue weighted by atomic mass is 10.1. The van der Waals surface area contributed by atoms with Crippen molar-refractivity contribution in [2.75, 3.05) is 11.6 Å². The van der Waals surface area contributed by atoms with Crippen LogP contribution in [0.5, 0.6) is 0 Å². The molecule has 106 valence electrons. The van der Waals surface area contributed by atoms with Gasteiger partial charge in [-0.15, -0.1) is 0 Å². The van der Waals surface area contributed by atoms with Gasteiger partial charge in [-0.2, -0.15) is 0 Å². The van der Waals surface area contributed by atoms with E-state index in [0.29, 0.717) is 11.3 Å². The zero-order valence-corrected chi connectivity index (χ0v) is 12.3. The number of benzene rings is 1. The number of aliphatic hydroxyl groups excluding tert-OH is 1. The monoisotopic (exact) mass is 285 g/mol. The Balaban J connectivity index is 2.98. The largest absolute Gasteiger partial charge is 0.389 e. The third-order valence-electron chi connectivity index (χ3n) is 3.10. The lowest BCUT2D eigenvalue weighted by Crippen LogP contribution is -2.43. The van der Waals surface area contributed by atoms with Crippen molar-refractivity contribution in [3.8, 4) is 0 Å². The van der Waals surface area contributed by atoms with Crippen LogP contribution in [0.1, 0.15) is 32.4 Å². The summed E-state index contributed by atoms with van der Waals surface area (Å²) >= 11 is 0. The van der Waals surface area contributed by atoms with Crippen molar-refractivity contribution in [1.29, 1.82) is 0 Å². The molecule has 0 fully saturated rings. The van der Waals surface area contributed by atoms with Crippen molar-refractivity contribution in [3.63, 3.8) is 0 Å². The molecule has 1 aromatic rings. The average molecular weight is 285 g/mol. The van der Waals surface area contributed by atoms with Crippen molar-refractivity contribution in [2.24, 2.45) is 0 Å². The highest BCUT2D eigenvalue weighted by atomic mass is 32.2. The van der Waals surface area contributed by atoms with Crippen LogP contribution in [0, 0.1) is 0 Å². The summed E-state index contributed by atoms with van der Waals surface area (Å²) in [5, 5.41) is 12.0. The second-order valence-electron chi connectivity index (χ2n) is 5.04.